The molecule has 0 atom stereocenters. The summed E-state index contributed by atoms with van der Waals surface area (Å²) in [6, 6.07) is 26.3. The first-order chi connectivity index (χ1) is 12.3. The van der Waals surface area contributed by atoms with Gasteiger partial charge in [0.25, 0.3) is 0 Å². The van der Waals surface area contributed by atoms with Crippen LogP contribution in [0.1, 0.15) is 16.7 Å². The van der Waals surface area contributed by atoms with Crippen LogP contribution in [-0.4, -0.2) is 21.3 Å². The van der Waals surface area contributed by atoms with Gasteiger partial charge in [-0.1, -0.05) is 66.7 Å². The molecule has 0 saturated heterocycles. The predicted octanol–water partition coefficient (Wildman–Crippen LogP) is 4.64. The molecule has 0 unspecified atom stereocenters. The normalized spacial score (nSPS) is 11.2. The molecule has 0 aliphatic rings. The highest BCUT2D eigenvalue weighted by atomic mass is 16.5. The molecular weight excluding hydrogens is 312 g/mol. The molecule has 0 aliphatic heterocycles. The van der Waals surface area contributed by atoms with Gasteiger partial charge in [0, 0.05) is 7.11 Å². The van der Waals surface area contributed by atoms with Crippen molar-refractivity contribution < 1.29 is 14.2 Å². The molecule has 3 heteroatoms. The van der Waals surface area contributed by atoms with Gasteiger partial charge in [0.1, 0.15) is 5.60 Å². The molecule has 3 rings (SSSR count). The van der Waals surface area contributed by atoms with Crippen molar-refractivity contribution in [2.45, 2.75) is 5.60 Å². The largest absolute Gasteiger partial charge is 0.493 e. The van der Waals surface area contributed by atoms with Crippen molar-refractivity contribution in [1.29, 1.82) is 0 Å². The summed E-state index contributed by atoms with van der Waals surface area (Å²) >= 11 is 0. The van der Waals surface area contributed by atoms with Crippen LogP contribution in [-0.2, 0) is 10.3 Å². The van der Waals surface area contributed by atoms with Gasteiger partial charge in [0.15, 0.2) is 11.5 Å². The van der Waals surface area contributed by atoms with Gasteiger partial charge in [0.05, 0.1) is 14.2 Å². The molecule has 25 heavy (non-hydrogen) atoms. The maximum absolute atomic E-state index is 6.17. The van der Waals surface area contributed by atoms with Crippen molar-refractivity contribution >= 4 is 0 Å². The molecule has 0 radical (unpaired) electrons. The summed E-state index contributed by atoms with van der Waals surface area (Å²) in [5, 5.41) is 0. The number of hydrogen-bond donors (Lipinski definition) is 0. The molecule has 128 valence electrons. The zero-order chi connectivity index (χ0) is 17.7. The van der Waals surface area contributed by atoms with Gasteiger partial charge < -0.3 is 14.2 Å². The maximum Gasteiger partial charge on any atom is 0.161 e. The summed E-state index contributed by atoms with van der Waals surface area (Å²) in [4.78, 5) is 0. The molecule has 3 aromatic carbocycles. The average molecular weight is 334 g/mol. The van der Waals surface area contributed by atoms with Gasteiger partial charge >= 0.3 is 0 Å². The molecule has 3 nitrogen and oxygen atoms in total. The van der Waals surface area contributed by atoms with E-state index in [4.69, 9.17) is 14.2 Å². The van der Waals surface area contributed by atoms with Crippen LogP contribution in [0.5, 0.6) is 11.5 Å². The summed E-state index contributed by atoms with van der Waals surface area (Å²) in [5.41, 5.74) is 2.35. The zero-order valence-electron chi connectivity index (χ0n) is 14.7. The number of benzene rings is 3. The van der Waals surface area contributed by atoms with Crippen LogP contribution >= 0.6 is 0 Å². The molecule has 0 bridgehead atoms. The number of methoxy groups -OCH3 is 3. The van der Waals surface area contributed by atoms with Gasteiger partial charge in [-0.15, -0.1) is 0 Å². The fraction of sp³-hybridized carbons (Fsp3) is 0.182. The Morgan fingerprint density at radius 3 is 1.52 bits per heavy atom. The van der Waals surface area contributed by atoms with E-state index in [0.29, 0.717) is 11.5 Å². The molecule has 0 N–H and O–H groups in total. The Morgan fingerprint density at radius 1 is 0.560 bits per heavy atom. The Morgan fingerprint density at radius 2 is 1.08 bits per heavy atom. The van der Waals surface area contributed by atoms with Crippen LogP contribution < -0.4 is 9.47 Å². The van der Waals surface area contributed by atoms with Crippen LogP contribution in [0.2, 0.25) is 0 Å². The lowest BCUT2D eigenvalue weighted by atomic mass is 9.80. The fourth-order valence-electron chi connectivity index (χ4n) is 3.25. The first-order valence-corrected chi connectivity index (χ1v) is 8.15. The highest BCUT2D eigenvalue weighted by Crippen LogP contribution is 2.42. The zero-order valence-corrected chi connectivity index (χ0v) is 14.7. The number of hydrogen-bond acceptors (Lipinski definition) is 3. The van der Waals surface area contributed by atoms with E-state index in [2.05, 4.69) is 24.3 Å². The molecule has 0 aliphatic carbocycles. The minimum absolute atomic E-state index is 0.674. The molecular formula is C22H22O3. The topological polar surface area (TPSA) is 27.7 Å². The smallest absolute Gasteiger partial charge is 0.161 e. The van der Waals surface area contributed by atoms with E-state index in [0.717, 1.165) is 16.7 Å². The first kappa shape index (κ1) is 17.1. The minimum Gasteiger partial charge on any atom is -0.493 e. The van der Waals surface area contributed by atoms with Crippen molar-refractivity contribution in [1.82, 2.24) is 0 Å². The summed E-state index contributed by atoms with van der Waals surface area (Å²) in [5.74, 6) is 1.37. The molecule has 0 aromatic heterocycles. The van der Waals surface area contributed by atoms with E-state index in [1.165, 1.54) is 0 Å². The highest BCUT2D eigenvalue weighted by molar-refractivity contribution is 5.52. The second-order valence-corrected chi connectivity index (χ2v) is 5.69. The maximum atomic E-state index is 6.17. The van der Waals surface area contributed by atoms with Gasteiger partial charge in [-0.2, -0.15) is 0 Å². The summed E-state index contributed by atoms with van der Waals surface area (Å²) in [6.07, 6.45) is 0. The van der Waals surface area contributed by atoms with Crippen molar-refractivity contribution in [2.75, 3.05) is 21.3 Å². The highest BCUT2D eigenvalue weighted by Gasteiger charge is 2.37. The Bertz CT molecular complexity index is 774. The Kier molecular flexibility index (Phi) is 5.05. The SMILES string of the molecule is COc1ccc(C(OC)(c2ccccc2)c2ccccc2)cc1OC. The lowest BCUT2D eigenvalue weighted by Crippen LogP contribution is -2.31. The quantitative estimate of drug-likeness (QED) is 0.615. The molecule has 0 fully saturated rings. The second-order valence-electron chi connectivity index (χ2n) is 5.69. The predicted molar refractivity (Wildman–Crippen MR) is 99.3 cm³/mol. The second kappa shape index (κ2) is 7.41. The Balaban J connectivity index is 2.29. The molecule has 0 heterocycles. The third-order valence-corrected chi connectivity index (χ3v) is 4.46. The lowest BCUT2D eigenvalue weighted by molar-refractivity contribution is 0.0582. The summed E-state index contributed by atoms with van der Waals surface area (Å²) in [6.45, 7) is 0. The van der Waals surface area contributed by atoms with E-state index in [9.17, 15) is 0 Å². The van der Waals surface area contributed by atoms with Crippen LogP contribution in [0.15, 0.2) is 78.9 Å². The molecule has 3 aromatic rings. The van der Waals surface area contributed by atoms with Crippen molar-refractivity contribution in [3.8, 4) is 11.5 Å². The Hall–Kier alpha value is -2.78. The van der Waals surface area contributed by atoms with E-state index >= 15 is 0 Å². The van der Waals surface area contributed by atoms with E-state index in [1.54, 1.807) is 21.3 Å². The van der Waals surface area contributed by atoms with Crippen molar-refractivity contribution in [3.63, 3.8) is 0 Å². The van der Waals surface area contributed by atoms with E-state index < -0.39 is 5.60 Å². The minimum atomic E-state index is -0.734. The van der Waals surface area contributed by atoms with E-state index in [-0.39, 0.29) is 0 Å². The van der Waals surface area contributed by atoms with Crippen LogP contribution in [0.3, 0.4) is 0 Å². The summed E-state index contributed by atoms with van der Waals surface area (Å²) < 4.78 is 17.1. The third kappa shape index (κ3) is 2.99. The number of ether oxygens (including phenoxy) is 3. The average Bonchev–Trinajstić information content (AvgIpc) is 2.70. The molecule has 0 amide bonds. The fourth-order valence-corrected chi connectivity index (χ4v) is 3.25. The van der Waals surface area contributed by atoms with Crippen LogP contribution in [0, 0.1) is 0 Å². The standard InChI is InChI=1S/C22H22O3/c1-23-20-15-14-19(16-21(20)24-2)22(25-3,17-10-6-4-7-11-17)18-12-8-5-9-13-18/h4-16H,1-3H3. The third-order valence-electron chi connectivity index (χ3n) is 4.46. The monoisotopic (exact) mass is 334 g/mol. The number of rotatable bonds is 6. The molecule has 0 saturated carbocycles. The van der Waals surface area contributed by atoms with Crippen molar-refractivity contribution in [3.05, 3.63) is 95.6 Å². The Labute approximate surface area is 148 Å². The lowest BCUT2D eigenvalue weighted by Gasteiger charge is -2.34. The molecule has 0 spiro atoms. The van der Waals surface area contributed by atoms with Gasteiger partial charge in [0.2, 0.25) is 0 Å². The van der Waals surface area contributed by atoms with Crippen LogP contribution in [0.25, 0.3) is 0 Å². The van der Waals surface area contributed by atoms with Gasteiger partial charge in [-0.3, -0.25) is 0 Å². The van der Waals surface area contributed by atoms with Crippen LogP contribution in [0.4, 0.5) is 0 Å². The first-order valence-electron chi connectivity index (χ1n) is 8.15. The van der Waals surface area contributed by atoms with Crippen molar-refractivity contribution in [2.24, 2.45) is 0 Å². The van der Waals surface area contributed by atoms with Gasteiger partial charge in [-0.05, 0) is 28.8 Å². The summed E-state index contributed by atoms with van der Waals surface area (Å²) in [7, 11) is 5.01. The van der Waals surface area contributed by atoms with E-state index in [1.807, 2.05) is 54.6 Å². The van der Waals surface area contributed by atoms with Gasteiger partial charge in [-0.25, -0.2) is 0 Å².